The molecular formula is C9H9N3O5. The van der Waals surface area contributed by atoms with Crippen LogP contribution in [0.25, 0.3) is 0 Å². The molecule has 2 heterocycles. The Morgan fingerprint density at radius 2 is 2.18 bits per heavy atom. The van der Waals surface area contributed by atoms with E-state index in [2.05, 4.69) is 5.10 Å². The minimum atomic E-state index is -1.60. The number of carbonyl (C=O) groups excluding carboxylic acids is 2. The molecule has 8 nitrogen and oxygen atoms in total. The molecule has 0 bridgehead atoms. The molecule has 0 spiro atoms. The molecule has 1 aliphatic rings. The zero-order chi connectivity index (χ0) is 12.6. The second kappa shape index (κ2) is 3.89. The third-order valence-corrected chi connectivity index (χ3v) is 2.48. The molecule has 0 radical (unpaired) electrons. The van der Waals surface area contributed by atoms with Gasteiger partial charge in [0.1, 0.15) is 6.04 Å². The van der Waals surface area contributed by atoms with Crippen molar-refractivity contribution in [2.75, 3.05) is 0 Å². The molecule has 8 heteroatoms. The zero-order valence-corrected chi connectivity index (χ0v) is 8.61. The predicted molar refractivity (Wildman–Crippen MR) is 52.0 cm³/mol. The number of hydrogen-bond donors (Lipinski definition) is 2. The molecule has 1 aromatic rings. The summed E-state index contributed by atoms with van der Waals surface area (Å²) in [6.07, 6.45) is 0.861. The number of aromatic hydroxyl groups is 1. The molecule has 0 aliphatic carbocycles. The summed E-state index contributed by atoms with van der Waals surface area (Å²) in [4.78, 5) is 34.0. The summed E-state index contributed by atoms with van der Waals surface area (Å²) in [7, 11) is 0. The van der Waals surface area contributed by atoms with Crippen molar-refractivity contribution in [3.05, 3.63) is 12.4 Å². The summed E-state index contributed by atoms with van der Waals surface area (Å²) in [6.45, 7) is 0. The fourth-order valence-electron chi connectivity index (χ4n) is 1.71. The fraction of sp³-hybridized carbons (Fsp3) is 0.333. The van der Waals surface area contributed by atoms with Crippen molar-refractivity contribution in [2.24, 2.45) is 0 Å². The maximum Gasteiger partial charge on any atom is 0.421 e. The zero-order valence-electron chi connectivity index (χ0n) is 8.61. The van der Waals surface area contributed by atoms with Gasteiger partial charge in [0.25, 0.3) is 5.91 Å². The average Bonchev–Trinajstić information content (AvgIpc) is 2.64. The molecule has 90 valence electrons. The SMILES string of the molecule is O=C(O)N1C(=O)CCC(n2cc(O)cn2)C1=O. The van der Waals surface area contributed by atoms with E-state index in [1.54, 1.807) is 0 Å². The molecule has 1 atom stereocenters. The van der Waals surface area contributed by atoms with Crippen LogP contribution in [0.15, 0.2) is 12.4 Å². The Kier molecular flexibility index (Phi) is 2.54. The van der Waals surface area contributed by atoms with Crippen molar-refractivity contribution in [3.63, 3.8) is 0 Å². The molecule has 0 saturated carbocycles. The summed E-state index contributed by atoms with van der Waals surface area (Å²) in [6, 6.07) is -0.871. The smallest absolute Gasteiger partial charge is 0.421 e. The summed E-state index contributed by atoms with van der Waals surface area (Å²) in [5.41, 5.74) is 0. The second-order valence-corrected chi connectivity index (χ2v) is 3.58. The van der Waals surface area contributed by atoms with Gasteiger partial charge in [-0.1, -0.05) is 0 Å². The monoisotopic (exact) mass is 239 g/mol. The molecule has 1 unspecified atom stereocenters. The average molecular weight is 239 g/mol. The van der Waals surface area contributed by atoms with E-state index in [-0.39, 0.29) is 23.5 Å². The van der Waals surface area contributed by atoms with Gasteiger partial charge in [0, 0.05) is 6.42 Å². The lowest BCUT2D eigenvalue weighted by atomic mass is 10.0. The standard InChI is InChI=1S/C9H9N3O5/c13-5-3-10-11(4-5)6-1-2-7(14)12(8(6)15)9(16)17/h3-4,6,13H,1-2H2,(H,16,17). The highest BCUT2D eigenvalue weighted by Crippen LogP contribution is 2.24. The van der Waals surface area contributed by atoms with E-state index in [0.29, 0.717) is 0 Å². The molecular weight excluding hydrogens is 230 g/mol. The molecule has 2 N–H and O–H groups in total. The van der Waals surface area contributed by atoms with E-state index in [0.717, 1.165) is 10.9 Å². The van der Waals surface area contributed by atoms with Crippen molar-refractivity contribution in [3.8, 4) is 5.75 Å². The maximum atomic E-state index is 11.8. The number of rotatable bonds is 1. The van der Waals surface area contributed by atoms with Gasteiger partial charge < -0.3 is 10.2 Å². The van der Waals surface area contributed by atoms with Gasteiger partial charge >= 0.3 is 6.09 Å². The Morgan fingerprint density at radius 3 is 2.71 bits per heavy atom. The second-order valence-electron chi connectivity index (χ2n) is 3.58. The van der Waals surface area contributed by atoms with Crippen LogP contribution >= 0.6 is 0 Å². The van der Waals surface area contributed by atoms with E-state index in [1.165, 1.54) is 6.20 Å². The van der Waals surface area contributed by atoms with E-state index in [4.69, 9.17) is 10.2 Å². The highest BCUT2D eigenvalue weighted by molar-refractivity contribution is 6.10. The number of piperidine rings is 1. The van der Waals surface area contributed by atoms with Gasteiger partial charge in [0.05, 0.1) is 12.4 Å². The predicted octanol–water partition coefficient (Wildman–Crippen LogP) is -0.0432. The Balaban J connectivity index is 2.29. The molecule has 3 amide bonds. The molecule has 1 saturated heterocycles. The van der Waals surface area contributed by atoms with E-state index < -0.39 is 23.9 Å². The number of carboxylic acid groups (broad SMARTS) is 1. The van der Waals surface area contributed by atoms with Crippen LogP contribution in [-0.2, 0) is 9.59 Å². The Hall–Kier alpha value is -2.38. The van der Waals surface area contributed by atoms with Crippen LogP contribution in [0.5, 0.6) is 5.75 Å². The third kappa shape index (κ3) is 1.84. The first-order valence-electron chi connectivity index (χ1n) is 4.83. The minimum absolute atomic E-state index is 0.0523. The lowest BCUT2D eigenvalue weighted by molar-refractivity contribution is -0.148. The van der Waals surface area contributed by atoms with Gasteiger partial charge in [-0.05, 0) is 6.42 Å². The first-order valence-corrected chi connectivity index (χ1v) is 4.83. The summed E-state index contributed by atoms with van der Waals surface area (Å²) in [5, 5.41) is 21.6. The third-order valence-electron chi connectivity index (χ3n) is 2.48. The van der Waals surface area contributed by atoms with Crippen LogP contribution in [0.4, 0.5) is 4.79 Å². The number of imide groups is 3. The van der Waals surface area contributed by atoms with E-state index in [1.807, 2.05) is 0 Å². The van der Waals surface area contributed by atoms with Crippen LogP contribution in [-0.4, -0.2) is 42.8 Å². The topological polar surface area (TPSA) is 113 Å². The Morgan fingerprint density at radius 1 is 1.47 bits per heavy atom. The first kappa shape index (κ1) is 11.1. The van der Waals surface area contributed by atoms with Crippen molar-refractivity contribution in [1.82, 2.24) is 14.7 Å². The summed E-state index contributed by atoms with van der Waals surface area (Å²) in [5.74, 6) is -1.72. The van der Waals surface area contributed by atoms with Crippen molar-refractivity contribution in [2.45, 2.75) is 18.9 Å². The normalized spacial score (nSPS) is 20.7. The van der Waals surface area contributed by atoms with Crippen LogP contribution in [0.2, 0.25) is 0 Å². The highest BCUT2D eigenvalue weighted by Gasteiger charge is 2.39. The van der Waals surface area contributed by atoms with Crippen LogP contribution in [0.1, 0.15) is 18.9 Å². The lowest BCUT2D eigenvalue weighted by Gasteiger charge is -2.26. The molecule has 17 heavy (non-hydrogen) atoms. The van der Waals surface area contributed by atoms with Gasteiger partial charge in [-0.3, -0.25) is 14.3 Å². The first-order chi connectivity index (χ1) is 8.00. The van der Waals surface area contributed by atoms with Gasteiger partial charge in [-0.25, -0.2) is 4.79 Å². The van der Waals surface area contributed by atoms with Gasteiger partial charge in [-0.2, -0.15) is 10.00 Å². The molecule has 0 aromatic carbocycles. The number of amides is 3. The van der Waals surface area contributed by atoms with E-state index in [9.17, 15) is 14.4 Å². The highest BCUT2D eigenvalue weighted by atomic mass is 16.4. The lowest BCUT2D eigenvalue weighted by Crippen LogP contribution is -2.48. The molecule has 1 aromatic heterocycles. The Bertz CT molecular complexity index is 495. The van der Waals surface area contributed by atoms with Crippen LogP contribution in [0.3, 0.4) is 0 Å². The van der Waals surface area contributed by atoms with Gasteiger partial charge in [0.2, 0.25) is 5.91 Å². The number of aromatic nitrogens is 2. The number of hydrogen-bond acceptors (Lipinski definition) is 5. The summed E-state index contributed by atoms with van der Waals surface area (Å²) < 4.78 is 1.15. The largest absolute Gasteiger partial charge is 0.505 e. The van der Waals surface area contributed by atoms with Crippen LogP contribution in [0, 0.1) is 0 Å². The fourth-order valence-corrected chi connectivity index (χ4v) is 1.71. The van der Waals surface area contributed by atoms with Crippen molar-refractivity contribution in [1.29, 1.82) is 0 Å². The molecule has 1 fully saturated rings. The van der Waals surface area contributed by atoms with Gasteiger partial charge in [0.15, 0.2) is 5.75 Å². The van der Waals surface area contributed by atoms with Crippen molar-refractivity contribution < 1.29 is 24.6 Å². The summed E-state index contributed by atoms with van der Waals surface area (Å²) >= 11 is 0. The van der Waals surface area contributed by atoms with Crippen molar-refractivity contribution >= 4 is 17.9 Å². The Labute approximate surface area is 95.1 Å². The quantitative estimate of drug-likeness (QED) is 0.664. The van der Waals surface area contributed by atoms with Gasteiger partial charge in [-0.15, -0.1) is 0 Å². The van der Waals surface area contributed by atoms with Crippen LogP contribution < -0.4 is 0 Å². The molecule has 2 rings (SSSR count). The molecule has 1 aliphatic heterocycles. The minimum Gasteiger partial charge on any atom is -0.505 e. The van der Waals surface area contributed by atoms with E-state index >= 15 is 0 Å². The number of carbonyl (C=O) groups is 3. The number of nitrogens with zero attached hydrogens (tertiary/aromatic N) is 3. The maximum absolute atomic E-state index is 11.8. The number of likely N-dealkylation sites (tertiary alicyclic amines) is 1.